The Kier molecular flexibility index (Phi) is 4.83. The molecular formula is C16H25NO2. The molecule has 19 heavy (non-hydrogen) atoms. The van der Waals surface area contributed by atoms with E-state index in [0.29, 0.717) is 5.92 Å². The van der Waals surface area contributed by atoms with Crippen LogP contribution < -0.4 is 10.1 Å². The van der Waals surface area contributed by atoms with Crippen molar-refractivity contribution in [1.29, 1.82) is 0 Å². The van der Waals surface area contributed by atoms with Gasteiger partial charge in [-0.15, -0.1) is 0 Å². The Morgan fingerprint density at radius 1 is 1.42 bits per heavy atom. The second kappa shape index (κ2) is 6.40. The predicted octanol–water partition coefficient (Wildman–Crippen LogP) is 2.69. The molecule has 3 heteroatoms. The lowest BCUT2D eigenvalue weighted by Gasteiger charge is -2.33. The van der Waals surface area contributed by atoms with Gasteiger partial charge in [0.15, 0.2) is 0 Å². The van der Waals surface area contributed by atoms with Gasteiger partial charge in [-0.05, 0) is 37.8 Å². The van der Waals surface area contributed by atoms with E-state index in [2.05, 4.69) is 31.3 Å². The minimum Gasteiger partial charge on any atom is -0.493 e. The van der Waals surface area contributed by atoms with Crippen molar-refractivity contribution < 1.29 is 9.84 Å². The van der Waals surface area contributed by atoms with E-state index in [1.54, 1.807) is 0 Å². The Labute approximate surface area is 116 Å². The molecule has 0 fully saturated rings. The number of nitrogens with one attached hydrogen (secondary N) is 1. The van der Waals surface area contributed by atoms with Gasteiger partial charge in [-0.25, -0.2) is 0 Å². The summed E-state index contributed by atoms with van der Waals surface area (Å²) in [6.45, 7) is 6.34. The van der Waals surface area contributed by atoms with Crippen LogP contribution in [0.15, 0.2) is 24.3 Å². The molecule has 0 spiro atoms. The average molecular weight is 263 g/mol. The Balaban J connectivity index is 2.01. The minimum absolute atomic E-state index is 0.0298. The van der Waals surface area contributed by atoms with E-state index >= 15 is 0 Å². The first-order valence-corrected chi connectivity index (χ1v) is 7.26. The van der Waals surface area contributed by atoms with Crippen LogP contribution in [0.5, 0.6) is 5.75 Å². The topological polar surface area (TPSA) is 41.5 Å². The van der Waals surface area contributed by atoms with Gasteiger partial charge in [0, 0.05) is 24.6 Å². The molecule has 1 aromatic rings. The highest BCUT2D eigenvalue weighted by Gasteiger charge is 2.25. The standard InChI is InChI=1S/C16H25NO2/c1-3-16(2,9-10-18)17-12-13-8-11-19-15-7-5-4-6-14(13)15/h4-7,13,17-18H,3,8-12H2,1-2H3. The van der Waals surface area contributed by atoms with Crippen LogP contribution in [0.4, 0.5) is 0 Å². The zero-order chi connectivity index (χ0) is 13.7. The van der Waals surface area contributed by atoms with Crippen molar-refractivity contribution in [2.45, 2.75) is 44.6 Å². The van der Waals surface area contributed by atoms with Crippen molar-refractivity contribution in [3.8, 4) is 5.75 Å². The summed E-state index contributed by atoms with van der Waals surface area (Å²) in [5.41, 5.74) is 1.34. The highest BCUT2D eigenvalue weighted by atomic mass is 16.5. The molecule has 0 saturated heterocycles. The number of aliphatic hydroxyl groups excluding tert-OH is 1. The van der Waals surface area contributed by atoms with Crippen LogP contribution in [0.2, 0.25) is 0 Å². The van der Waals surface area contributed by atoms with Crippen LogP contribution in [0.3, 0.4) is 0 Å². The maximum atomic E-state index is 9.17. The largest absolute Gasteiger partial charge is 0.493 e. The number of rotatable bonds is 6. The first-order chi connectivity index (χ1) is 9.18. The zero-order valence-electron chi connectivity index (χ0n) is 12.0. The summed E-state index contributed by atoms with van der Waals surface area (Å²) in [5, 5.41) is 12.8. The monoisotopic (exact) mass is 263 g/mol. The number of aliphatic hydroxyl groups is 1. The number of para-hydroxylation sites is 1. The van der Waals surface area contributed by atoms with Crippen LogP contribution >= 0.6 is 0 Å². The number of benzene rings is 1. The fourth-order valence-corrected chi connectivity index (χ4v) is 2.63. The van der Waals surface area contributed by atoms with Crippen molar-refractivity contribution >= 4 is 0 Å². The van der Waals surface area contributed by atoms with Gasteiger partial charge in [0.25, 0.3) is 0 Å². The van der Waals surface area contributed by atoms with E-state index in [1.807, 2.05) is 12.1 Å². The third-order valence-corrected chi connectivity index (χ3v) is 4.30. The fraction of sp³-hybridized carbons (Fsp3) is 0.625. The van der Waals surface area contributed by atoms with E-state index < -0.39 is 0 Å². The molecule has 0 aromatic heterocycles. The van der Waals surface area contributed by atoms with Crippen molar-refractivity contribution in [3.63, 3.8) is 0 Å². The Bertz CT molecular complexity index is 407. The number of ether oxygens (including phenoxy) is 1. The van der Waals surface area contributed by atoms with Gasteiger partial charge < -0.3 is 15.2 Å². The van der Waals surface area contributed by atoms with E-state index in [0.717, 1.165) is 38.2 Å². The molecule has 0 bridgehead atoms. The molecule has 3 nitrogen and oxygen atoms in total. The number of fused-ring (bicyclic) bond motifs is 1. The molecule has 1 aliphatic heterocycles. The maximum absolute atomic E-state index is 9.17. The number of hydrogen-bond acceptors (Lipinski definition) is 3. The Morgan fingerprint density at radius 2 is 2.21 bits per heavy atom. The summed E-state index contributed by atoms with van der Waals surface area (Å²) in [5.74, 6) is 1.54. The van der Waals surface area contributed by atoms with Gasteiger partial charge in [0.05, 0.1) is 6.61 Å². The Hall–Kier alpha value is -1.06. The summed E-state index contributed by atoms with van der Waals surface area (Å²) in [7, 11) is 0. The third-order valence-electron chi connectivity index (χ3n) is 4.30. The maximum Gasteiger partial charge on any atom is 0.122 e. The quantitative estimate of drug-likeness (QED) is 0.829. The van der Waals surface area contributed by atoms with E-state index in [-0.39, 0.29) is 12.1 Å². The summed E-state index contributed by atoms with van der Waals surface area (Å²) in [6, 6.07) is 8.31. The molecule has 0 radical (unpaired) electrons. The third kappa shape index (κ3) is 3.48. The second-order valence-electron chi connectivity index (χ2n) is 5.64. The minimum atomic E-state index is 0.0298. The molecule has 2 rings (SSSR count). The second-order valence-corrected chi connectivity index (χ2v) is 5.64. The van der Waals surface area contributed by atoms with Crippen molar-refractivity contribution in [2.24, 2.45) is 0 Å². The van der Waals surface area contributed by atoms with Gasteiger partial charge in [-0.2, -0.15) is 0 Å². The molecule has 0 saturated carbocycles. The summed E-state index contributed by atoms with van der Waals surface area (Å²) < 4.78 is 5.69. The number of hydrogen-bond donors (Lipinski definition) is 2. The summed E-state index contributed by atoms with van der Waals surface area (Å²) in [4.78, 5) is 0. The van der Waals surface area contributed by atoms with Crippen molar-refractivity contribution in [3.05, 3.63) is 29.8 Å². The molecule has 106 valence electrons. The van der Waals surface area contributed by atoms with E-state index in [9.17, 15) is 0 Å². The molecule has 2 unspecified atom stereocenters. The normalized spacial score (nSPS) is 21.3. The van der Waals surface area contributed by atoms with Gasteiger partial charge in [-0.3, -0.25) is 0 Å². The average Bonchev–Trinajstić information content (AvgIpc) is 2.45. The van der Waals surface area contributed by atoms with Crippen LogP contribution in [-0.4, -0.2) is 30.4 Å². The lowest BCUT2D eigenvalue weighted by molar-refractivity contribution is 0.205. The van der Waals surface area contributed by atoms with Crippen LogP contribution in [0.25, 0.3) is 0 Å². The highest BCUT2D eigenvalue weighted by Crippen LogP contribution is 2.33. The molecule has 0 aliphatic carbocycles. The SMILES string of the molecule is CCC(C)(CCO)NCC1CCOc2ccccc21. The van der Waals surface area contributed by atoms with Crippen molar-refractivity contribution in [1.82, 2.24) is 5.32 Å². The fourth-order valence-electron chi connectivity index (χ4n) is 2.63. The molecule has 1 aliphatic rings. The predicted molar refractivity (Wildman–Crippen MR) is 77.7 cm³/mol. The van der Waals surface area contributed by atoms with Gasteiger partial charge in [-0.1, -0.05) is 25.1 Å². The summed E-state index contributed by atoms with van der Waals surface area (Å²) >= 11 is 0. The van der Waals surface area contributed by atoms with Crippen LogP contribution in [0.1, 0.15) is 44.6 Å². The van der Waals surface area contributed by atoms with Crippen LogP contribution in [-0.2, 0) is 0 Å². The first-order valence-electron chi connectivity index (χ1n) is 7.26. The summed E-state index contributed by atoms with van der Waals surface area (Å²) in [6.07, 6.45) is 2.88. The first kappa shape index (κ1) is 14.4. The zero-order valence-corrected chi connectivity index (χ0v) is 12.0. The molecular weight excluding hydrogens is 238 g/mol. The molecule has 2 N–H and O–H groups in total. The van der Waals surface area contributed by atoms with Gasteiger partial charge >= 0.3 is 0 Å². The van der Waals surface area contributed by atoms with Crippen LogP contribution in [0, 0.1) is 0 Å². The molecule has 1 heterocycles. The molecule has 2 atom stereocenters. The van der Waals surface area contributed by atoms with Gasteiger partial charge in [0.2, 0.25) is 0 Å². The lowest BCUT2D eigenvalue weighted by atomic mass is 9.90. The highest BCUT2D eigenvalue weighted by molar-refractivity contribution is 5.37. The van der Waals surface area contributed by atoms with E-state index in [1.165, 1.54) is 5.56 Å². The molecule has 1 aromatic carbocycles. The van der Waals surface area contributed by atoms with E-state index in [4.69, 9.17) is 9.84 Å². The smallest absolute Gasteiger partial charge is 0.122 e. The van der Waals surface area contributed by atoms with Gasteiger partial charge in [0.1, 0.15) is 5.75 Å². The molecule has 0 amide bonds. The van der Waals surface area contributed by atoms with Crippen molar-refractivity contribution in [2.75, 3.05) is 19.8 Å². The Morgan fingerprint density at radius 3 is 2.95 bits per heavy atom. The lowest BCUT2D eigenvalue weighted by Crippen LogP contribution is -2.45.